The molecule has 17 heavy (non-hydrogen) atoms. The average molecular weight is 222 g/mol. The predicted octanol–water partition coefficient (Wildman–Crippen LogP) is 1.72. The van der Waals surface area contributed by atoms with Gasteiger partial charge in [-0.1, -0.05) is 18.2 Å². The van der Waals surface area contributed by atoms with Crippen LogP contribution in [0, 0.1) is 0 Å². The van der Waals surface area contributed by atoms with Gasteiger partial charge in [0, 0.05) is 30.2 Å². The number of nitrogens with zero attached hydrogens (tertiary/aromatic N) is 2. The Hall–Kier alpha value is -2.09. The fourth-order valence-corrected chi connectivity index (χ4v) is 2.16. The van der Waals surface area contributed by atoms with Crippen LogP contribution in [0.3, 0.4) is 0 Å². The van der Waals surface area contributed by atoms with E-state index in [9.17, 15) is 0 Å². The van der Waals surface area contributed by atoms with Crippen molar-refractivity contribution in [2.45, 2.75) is 6.92 Å². The lowest BCUT2D eigenvalue weighted by Crippen LogP contribution is -2.21. The molecule has 0 saturated heterocycles. The fraction of sp³-hybridized carbons (Fsp3) is 0.133. The first-order chi connectivity index (χ1) is 8.25. The zero-order chi connectivity index (χ0) is 11.8. The van der Waals surface area contributed by atoms with E-state index >= 15 is 0 Å². The molecule has 0 bridgehead atoms. The molecule has 2 aliphatic heterocycles. The SMILES string of the molecule is CC1=c2ccccc2=NC1=C1C=CN(C)C=C1. The van der Waals surface area contributed by atoms with Crippen LogP contribution in [0.5, 0.6) is 0 Å². The van der Waals surface area contributed by atoms with Crippen LogP contribution in [0.4, 0.5) is 0 Å². The van der Waals surface area contributed by atoms with Crippen molar-refractivity contribution in [1.29, 1.82) is 0 Å². The Morgan fingerprint density at radius 2 is 1.76 bits per heavy atom. The third-order valence-corrected chi connectivity index (χ3v) is 3.15. The summed E-state index contributed by atoms with van der Waals surface area (Å²) in [6, 6.07) is 8.29. The molecular weight excluding hydrogens is 208 g/mol. The van der Waals surface area contributed by atoms with Crippen molar-refractivity contribution in [2.75, 3.05) is 7.05 Å². The van der Waals surface area contributed by atoms with Crippen LogP contribution in [0.15, 0.2) is 65.1 Å². The molecular formula is C15H14N2. The van der Waals surface area contributed by atoms with Gasteiger partial charge < -0.3 is 4.90 Å². The molecule has 0 amide bonds. The molecule has 0 spiro atoms. The van der Waals surface area contributed by atoms with Crippen molar-refractivity contribution in [3.8, 4) is 0 Å². The molecule has 2 aliphatic rings. The number of para-hydroxylation sites is 1. The number of fused-ring (bicyclic) bond motifs is 1. The van der Waals surface area contributed by atoms with Gasteiger partial charge in [-0.15, -0.1) is 0 Å². The van der Waals surface area contributed by atoms with Crippen LogP contribution in [0.2, 0.25) is 0 Å². The lowest BCUT2D eigenvalue weighted by atomic mass is 10.1. The van der Waals surface area contributed by atoms with Crippen molar-refractivity contribution in [2.24, 2.45) is 4.99 Å². The van der Waals surface area contributed by atoms with E-state index in [0.717, 1.165) is 11.1 Å². The molecule has 2 nitrogen and oxygen atoms in total. The number of rotatable bonds is 0. The largest absolute Gasteiger partial charge is 0.357 e. The topological polar surface area (TPSA) is 15.6 Å². The highest BCUT2D eigenvalue weighted by molar-refractivity contribution is 5.68. The van der Waals surface area contributed by atoms with E-state index in [1.54, 1.807) is 0 Å². The van der Waals surface area contributed by atoms with Gasteiger partial charge in [0.25, 0.3) is 0 Å². The zero-order valence-corrected chi connectivity index (χ0v) is 10.0. The molecule has 1 aromatic rings. The molecule has 0 fully saturated rings. The second kappa shape index (κ2) is 3.74. The van der Waals surface area contributed by atoms with E-state index in [2.05, 4.69) is 37.3 Å². The van der Waals surface area contributed by atoms with Crippen molar-refractivity contribution in [3.63, 3.8) is 0 Å². The maximum atomic E-state index is 4.70. The number of hydrogen-bond acceptors (Lipinski definition) is 2. The zero-order valence-electron chi connectivity index (χ0n) is 10.0. The summed E-state index contributed by atoms with van der Waals surface area (Å²) in [6.07, 6.45) is 8.31. The highest BCUT2D eigenvalue weighted by atomic mass is 15.0. The van der Waals surface area contributed by atoms with E-state index in [1.807, 2.05) is 30.4 Å². The molecule has 0 unspecified atom stereocenters. The Labute approximate surface area is 101 Å². The quantitative estimate of drug-likeness (QED) is 0.652. The lowest BCUT2D eigenvalue weighted by molar-refractivity contribution is 0.619. The molecule has 0 N–H and O–H groups in total. The number of allylic oxidation sites excluding steroid dienone is 4. The molecule has 0 radical (unpaired) electrons. The van der Waals surface area contributed by atoms with E-state index < -0.39 is 0 Å². The second-order valence-electron chi connectivity index (χ2n) is 4.35. The summed E-state index contributed by atoms with van der Waals surface area (Å²) in [4.78, 5) is 6.73. The van der Waals surface area contributed by atoms with Crippen LogP contribution in [-0.4, -0.2) is 11.9 Å². The molecule has 3 rings (SSSR count). The minimum absolute atomic E-state index is 1.08. The summed E-state index contributed by atoms with van der Waals surface area (Å²) in [6.45, 7) is 2.14. The monoisotopic (exact) mass is 222 g/mol. The van der Waals surface area contributed by atoms with Crippen molar-refractivity contribution < 1.29 is 0 Å². The third kappa shape index (κ3) is 1.62. The second-order valence-corrected chi connectivity index (χ2v) is 4.35. The first-order valence-corrected chi connectivity index (χ1v) is 5.73. The summed E-state index contributed by atoms with van der Waals surface area (Å²) < 4.78 is 0. The van der Waals surface area contributed by atoms with Gasteiger partial charge in [0.15, 0.2) is 0 Å². The average Bonchev–Trinajstić information content (AvgIpc) is 2.69. The van der Waals surface area contributed by atoms with Crippen molar-refractivity contribution in [3.05, 3.63) is 70.7 Å². The maximum absolute atomic E-state index is 4.70. The van der Waals surface area contributed by atoms with E-state index in [1.165, 1.54) is 16.4 Å². The number of hydrogen-bond donors (Lipinski definition) is 0. The minimum atomic E-state index is 1.08. The highest BCUT2D eigenvalue weighted by Gasteiger charge is 2.11. The molecule has 1 aromatic carbocycles. The molecule has 2 heteroatoms. The van der Waals surface area contributed by atoms with E-state index in [0.29, 0.717) is 0 Å². The van der Waals surface area contributed by atoms with Crippen molar-refractivity contribution in [1.82, 2.24) is 4.90 Å². The number of benzene rings is 1. The first kappa shape index (κ1) is 10.1. The lowest BCUT2D eigenvalue weighted by Gasteiger charge is -2.13. The fourth-order valence-electron chi connectivity index (χ4n) is 2.16. The Morgan fingerprint density at radius 1 is 1.06 bits per heavy atom. The van der Waals surface area contributed by atoms with Gasteiger partial charge in [-0.3, -0.25) is 0 Å². The van der Waals surface area contributed by atoms with Gasteiger partial charge in [-0.05, 0) is 30.7 Å². The Bertz CT molecular complexity index is 659. The minimum Gasteiger partial charge on any atom is -0.357 e. The molecule has 0 aliphatic carbocycles. The van der Waals surface area contributed by atoms with Crippen molar-refractivity contribution >= 4 is 5.57 Å². The molecule has 0 saturated carbocycles. The summed E-state index contributed by atoms with van der Waals surface area (Å²) in [5.41, 5.74) is 3.53. The van der Waals surface area contributed by atoms with Crippen LogP contribution in [-0.2, 0) is 0 Å². The Balaban J connectivity index is 2.22. The van der Waals surface area contributed by atoms with Crippen LogP contribution >= 0.6 is 0 Å². The molecule has 0 aromatic heterocycles. The van der Waals surface area contributed by atoms with Gasteiger partial charge in [-0.2, -0.15) is 0 Å². The summed E-state index contributed by atoms with van der Waals surface area (Å²) in [5, 5.41) is 2.32. The molecule has 84 valence electrons. The van der Waals surface area contributed by atoms with Crippen LogP contribution < -0.4 is 10.6 Å². The van der Waals surface area contributed by atoms with Gasteiger partial charge in [0.1, 0.15) is 0 Å². The summed E-state index contributed by atoms with van der Waals surface area (Å²) in [7, 11) is 2.02. The first-order valence-electron chi connectivity index (χ1n) is 5.73. The third-order valence-electron chi connectivity index (χ3n) is 3.15. The molecule has 0 atom stereocenters. The van der Waals surface area contributed by atoms with E-state index in [4.69, 9.17) is 4.99 Å². The summed E-state index contributed by atoms with van der Waals surface area (Å²) in [5.74, 6) is 0. The van der Waals surface area contributed by atoms with Gasteiger partial charge in [0.05, 0.1) is 11.1 Å². The predicted molar refractivity (Wildman–Crippen MR) is 69.4 cm³/mol. The van der Waals surface area contributed by atoms with Crippen LogP contribution in [0.25, 0.3) is 5.57 Å². The van der Waals surface area contributed by atoms with Crippen LogP contribution in [0.1, 0.15) is 6.92 Å². The van der Waals surface area contributed by atoms with E-state index in [-0.39, 0.29) is 0 Å². The van der Waals surface area contributed by atoms with Gasteiger partial charge in [-0.25, -0.2) is 4.99 Å². The maximum Gasteiger partial charge on any atom is 0.0746 e. The standard InChI is InChI=1S/C15H14N2/c1-11-13-5-3-4-6-14(13)16-15(11)12-7-9-17(2)10-8-12/h3-10H,1-2H3. The van der Waals surface area contributed by atoms with Gasteiger partial charge >= 0.3 is 0 Å². The smallest absolute Gasteiger partial charge is 0.0746 e. The Morgan fingerprint density at radius 3 is 2.47 bits per heavy atom. The summed E-state index contributed by atoms with van der Waals surface area (Å²) >= 11 is 0. The highest BCUT2D eigenvalue weighted by Crippen LogP contribution is 2.21. The Kier molecular flexibility index (Phi) is 2.22. The van der Waals surface area contributed by atoms with Gasteiger partial charge in [0.2, 0.25) is 0 Å². The molecule has 2 heterocycles. The normalized spacial score (nSPS) is 17.5.